The zero-order valence-electron chi connectivity index (χ0n) is 32.2. The van der Waals surface area contributed by atoms with E-state index in [4.69, 9.17) is 5.73 Å². The first kappa shape index (κ1) is 45.8. The maximum Gasteiger partial charge on any atom is 0.338 e. The van der Waals surface area contributed by atoms with E-state index in [2.05, 4.69) is 30.7 Å². The number of hydrogen-bond acceptors (Lipinski definition) is 19. The standard InChI is InChI=1S/C36H28N8O17S3/c1-3-44-34(49)26(33(37)48)14(2)28(35(44)50)41-38-17-5-4-15-9-24(63(56,57)58)29(31(46)20(15)11-17)42-39-18-6-7-22(21(12-18)36(51)52)40-43-30-25(64(59,60)61)10-16-8-19(62(53,54)55)13-23(45)27(16)32(30)47/h4-13,45-47,50H,3H2,1-2H3,(H2,37,48)(H,51,52)(H,53,54,55)(H,56,57,58)(H,59,60,61)/b41-38+,42-39+,43-40+. The summed E-state index contributed by atoms with van der Waals surface area (Å²) in [6, 6.07) is 9.17. The Hall–Kier alpha value is -7.76. The molecule has 1 heterocycles. The zero-order chi connectivity index (χ0) is 47.4. The molecule has 0 fully saturated rings. The third kappa shape index (κ3) is 8.66. The van der Waals surface area contributed by atoms with Gasteiger partial charge in [0.05, 0.1) is 27.2 Å². The van der Waals surface area contributed by atoms with Crippen molar-refractivity contribution in [1.29, 1.82) is 0 Å². The number of phenols is 3. The SMILES string of the molecule is CCn1c(O)c(/N=N/c2ccc3cc(S(=O)(=O)O)c(/N=N/c4ccc(/N=N/c5c(S(=O)(=O)O)cc6cc(S(=O)(=O)O)cc(O)c6c5O)c(C(=O)O)c4)c(O)c3c2)c(C)c(C(N)=O)c1=O. The quantitative estimate of drug-likeness (QED) is 0.0495. The van der Waals surface area contributed by atoms with Gasteiger partial charge in [0.15, 0.2) is 11.5 Å². The molecule has 1 amide bonds. The third-order valence-corrected chi connectivity index (χ3v) is 11.8. The number of aromatic nitrogens is 1. The largest absolute Gasteiger partial charge is 0.507 e. The number of rotatable bonds is 12. The molecule has 0 saturated heterocycles. The number of nitrogens with two attached hydrogens (primary N) is 1. The van der Waals surface area contributed by atoms with E-state index < -0.39 is 125 Å². The van der Waals surface area contributed by atoms with Crippen LogP contribution in [0.1, 0.15) is 33.2 Å². The van der Waals surface area contributed by atoms with Crippen LogP contribution < -0.4 is 11.3 Å². The van der Waals surface area contributed by atoms with Gasteiger partial charge in [-0.2, -0.15) is 35.5 Å². The monoisotopic (exact) mass is 940 g/mol. The van der Waals surface area contributed by atoms with E-state index in [1.807, 2.05) is 0 Å². The van der Waals surface area contributed by atoms with Crippen molar-refractivity contribution in [2.45, 2.75) is 35.1 Å². The number of nitrogens with zero attached hydrogens (tertiary/aromatic N) is 7. The number of benzene rings is 5. The minimum absolute atomic E-state index is 0.00755. The number of carboxylic acid groups (broad SMARTS) is 1. The van der Waals surface area contributed by atoms with Gasteiger partial charge in [0.25, 0.3) is 41.8 Å². The van der Waals surface area contributed by atoms with Gasteiger partial charge in [-0.3, -0.25) is 27.8 Å². The number of hydrogen-bond donors (Lipinski definition) is 9. The molecule has 6 aromatic rings. The number of carbonyl (C=O) groups excluding carboxylic acids is 1. The molecular formula is C36H28N8O17S3. The van der Waals surface area contributed by atoms with E-state index in [0.717, 1.165) is 28.8 Å². The first-order valence-corrected chi connectivity index (χ1v) is 21.7. The molecule has 0 unspecified atom stereocenters. The van der Waals surface area contributed by atoms with Gasteiger partial charge in [0.2, 0.25) is 5.88 Å². The molecule has 0 aliphatic rings. The van der Waals surface area contributed by atoms with Gasteiger partial charge in [-0.1, -0.05) is 6.07 Å². The highest BCUT2D eigenvalue weighted by Crippen LogP contribution is 2.47. The summed E-state index contributed by atoms with van der Waals surface area (Å²) in [4.78, 5) is 33.9. The van der Waals surface area contributed by atoms with Crippen molar-refractivity contribution in [3.8, 4) is 23.1 Å². The molecule has 0 saturated carbocycles. The Labute approximate surface area is 357 Å². The van der Waals surface area contributed by atoms with Gasteiger partial charge in [-0.25, -0.2) is 4.79 Å². The summed E-state index contributed by atoms with van der Waals surface area (Å²) >= 11 is 0. The molecule has 0 spiro atoms. The molecule has 28 heteroatoms. The summed E-state index contributed by atoms with van der Waals surface area (Å²) in [5, 5.41) is 74.7. The second-order valence-corrected chi connectivity index (χ2v) is 17.4. The Morgan fingerprint density at radius 3 is 1.78 bits per heavy atom. The number of aromatic carboxylic acids is 1. The Bertz CT molecular complexity index is 3550. The number of carboxylic acids is 1. The highest BCUT2D eigenvalue weighted by Gasteiger charge is 2.27. The van der Waals surface area contributed by atoms with E-state index >= 15 is 0 Å². The fraction of sp³-hybridized carbons (Fsp3) is 0.0833. The molecule has 6 rings (SSSR count). The van der Waals surface area contributed by atoms with Crippen LogP contribution in [0.4, 0.5) is 34.1 Å². The Balaban J connectivity index is 1.42. The highest BCUT2D eigenvalue weighted by molar-refractivity contribution is 7.86. The van der Waals surface area contributed by atoms with Crippen LogP contribution >= 0.6 is 0 Å². The van der Waals surface area contributed by atoms with Crippen molar-refractivity contribution in [2.24, 2.45) is 36.4 Å². The summed E-state index contributed by atoms with van der Waals surface area (Å²) in [6.07, 6.45) is 0. The molecule has 0 aliphatic carbocycles. The number of fused-ring (bicyclic) bond motifs is 2. The van der Waals surface area contributed by atoms with E-state index in [1.54, 1.807) is 0 Å². The fourth-order valence-electron chi connectivity index (χ4n) is 6.24. The maximum absolute atomic E-state index is 12.7. The van der Waals surface area contributed by atoms with Gasteiger partial charge < -0.3 is 31.3 Å². The molecule has 1 aromatic heterocycles. The van der Waals surface area contributed by atoms with Gasteiger partial charge in [0.1, 0.15) is 43.9 Å². The molecule has 5 aromatic carbocycles. The van der Waals surface area contributed by atoms with Crippen LogP contribution in [-0.4, -0.2) is 80.9 Å². The van der Waals surface area contributed by atoms with Gasteiger partial charge >= 0.3 is 5.97 Å². The Kier molecular flexibility index (Phi) is 11.8. The summed E-state index contributed by atoms with van der Waals surface area (Å²) in [6.45, 7) is 2.74. The number of amides is 1. The molecular weight excluding hydrogens is 913 g/mol. The summed E-state index contributed by atoms with van der Waals surface area (Å²) in [7, 11) is -15.4. The molecule has 25 nitrogen and oxygen atoms in total. The number of carbonyl (C=O) groups is 2. The van der Waals surface area contributed by atoms with E-state index in [1.165, 1.54) is 32.0 Å². The van der Waals surface area contributed by atoms with E-state index in [9.17, 15) is 78.8 Å². The second-order valence-electron chi connectivity index (χ2n) is 13.2. The summed E-state index contributed by atoms with van der Waals surface area (Å²) < 4.78 is 103. The van der Waals surface area contributed by atoms with Crippen molar-refractivity contribution >= 4 is 97.9 Å². The predicted molar refractivity (Wildman–Crippen MR) is 220 cm³/mol. The number of pyridine rings is 1. The Morgan fingerprint density at radius 2 is 1.22 bits per heavy atom. The normalized spacial score (nSPS) is 12.6. The minimum atomic E-state index is -5.31. The average Bonchev–Trinajstić information content (AvgIpc) is 3.18. The van der Waals surface area contributed by atoms with Crippen LogP contribution in [0.15, 0.2) is 111 Å². The van der Waals surface area contributed by atoms with Gasteiger partial charge in [-0.15, -0.1) is 20.5 Å². The van der Waals surface area contributed by atoms with Crippen molar-refractivity contribution in [2.75, 3.05) is 0 Å². The zero-order valence-corrected chi connectivity index (χ0v) is 34.6. The van der Waals surface area contributed by atoms with Crippen LogP contribution in [-0.2, 0) is 36.9 Å². The molecule has 10 N–H and O–H groups in total. The van der Waals surface area contributed by atoms with Crippen molar-refractivity contribution < 1.29 is 74.0 Å². The molecule has 0 aliphatic heterocycles. The van der Waals surface area contributed by atoms with Crippen LogP contribution in [0.2, 0.25) is 0 Å². The number of aromatic hydroxyl groups is 4. The maximum atomic E-state index is 12.7. The number of azo groups is 3. The Morgan fingerprint density at radius 1 is 0.672 bits per heavy atom. The van der Waals surface area contributed by atoms with E-state index in [-0.39, 0.29) is 39.9 Å². The number of phenolic OH excluding ortho intramolecular Hbond substituents is 3. The van der Waals surface area contributed by atoms with Crippen LogP contribution in [0.5, 0.6) is 23.1 Å². The molecule has 64 heavy (non-hydrogen) atoms. The molecule has 0 bridgehead atoms. The van der Waals surface area contributed by atoms with Crippen molar-refractivity contribution in [3.05, 3.63) is 87.7 Å². The highest BCUT2D eigenvalue weighted by atomic mass is 32.2. The molecule has 0 atom stereocenters. The van der Waals surface area contributed by atoms with E-state index in [0.29, 0.717) is 18.2 Å². The number of primary amides is 1. The topological polar surface area (TPSA) is 421 Å². The lowest BCUT2D eigenvalue weighted by atomic mass is 10.1. The minimum Gasteiger partial charge on any atom is -0.507 e. The van der Waals surface area contributed by atoms with Gasteiger partial charge in [-0.05, 0) is 73.2 Å². The molecule has 332 valence electrons. The lowest BCUT2D eigenvalue weighted by Crippen LogP contribution is -2.30. The molecule has 0 radical (unpaired) electrons. The lowest BCUT2D eigenvalue weighted by molar-refractivity contribution is 0.0697. The lowest BCUT2D eigenvalue weighted by Gasteiger charge is -2.12. The van der Waals surface area contributed by atoms with Gasteiger partial charge in [0, 0.05) is 23.6 Å². The van der Waals surface area contributed by atoms with Crippen LogP contribution in [0.25, 0.3) is 21.5 Å². The first-order valence-electron chi connectivity index (χ1n) is 17.4. The summed E-state index contributed by atoms with van der Waals surface area (Å²) in [5.74, 6) is -6.50. The van der Waals surface area contributed by atoms with Crippen molar-refractivity contribution in [1.82, 2.24) is 4.57 Å². The predicted octanol–water partition coefficient (Wildman–Crippen LogP) is 6.09. The third-order valence-electron chi connectivity index (χ3n) is 9.21. The smallest absolute Gasteiger partial charge is 0.338 e. The summed E-state index contributed by atoms with van der Waals surface area (Å²) in [5.41, 5.74) is 0.0804. The second kappa shape index (κ2) is 16.5. The fourth-order valence-corrected chi connectivity index (χ4v) is 8.09. The van der Waals surface area contributed by atoms with Crippen LogP contribution in [0, 0.1) is 6.92 Å². The average molecular weight is 941 g/mol. The van der Waals surface area contributed by atoms with Crippen molar-refractivity contribution in [3.63, 3.8) is 0 Å². The first-order chi connectivity index (χ1) is 29.7. The van der Waals surface area contributed by atoms with Crippen LogP contribution in [0.3, 0.4) is 0 Å².